The molecule has 5 nitrogen and oxygen atoms in total. The van der Waals surface area contributed by atoms with Crippen LogP contribution < -0.4 is 16.4 Å². The zero-order valence-corrected chi connectivity index (χ0v) is 15.1. The smallest absolute Gasteiger partial charge is 0.251 e. The SMILES string of the molecule is NC(CC(=O)NCc1cccc(C(=O)NC2CC2)c1)Cc1ccccc1F. The number of hydrogen-bond donors (Lipinski definition) is 3. The molecule has 1 aliphatic rings. The summed E-state index contributed by atoms with van der Waals surface area (Å²) in [6.07, 6.45) is 2.48. The lowest BCUT2D eigenvalue weighted by Crippen LogP contribution is -2.33. The highest BCUT2D eigenvalue weighted by atomic mass is 19.1. The summed E-state index contributed by atoms with van der Waals surface area (Å²) >= 11 is 0. The summed E-state index contributed by atoms with van der Waals surface area (Å²) in [7, 11) is 0. The van der Waals surface area contributed by atoms with E-state index in [2.05, 4.69) is 10.6 Å². The van der Waals surface area contributed by atoms with Crippen LogP contribution in [0.1, 0.15) is 40.7 Å². The fourth-order valence-electron chi connectivity index (χ4n) is 2.85. The zero-order chi connectivity index (χ0) is 19.2. The minimum atomic E-state index is -0.461. The van der Waals surface area contributed by atoms with Gasteiger partial charge in [0, 0.05) is 30.6 Å². The maximum atomic E-state index is 13.7. The third kappa shape index (κ3) is 5.89. The third-order valence-corrected chi connectivity index (χ3v) is 4.48. The van der Waals surface area contributed by atoms with Gasteiger partial charge in [-0.2, -0.15) is 0 Å². The Morgan fingerprint density at radius 3 is 2.67 bits per heavy atom. The minimum absolute atomic E-state index is 0.0856. The Hall–Kier alpha value is -2.73. The van der Waals surface area contributed by atoms with E-state index in [1.165, 1.54) is 6.07 Å². The van der Waals surface area contributed by atoms with Crippen LogP contribution in [0.25, 0.3) is 0 Å². The fourth-order valence-corrected chi connectivity index (χ4v) is 2.85. The van der Waals surface area contributed by atoms with Gasteiger partial charge in [-0.15, -0.1) is 0 Å². The molecule has 2 amide bonds. The highest BCUT2D eigenvalue weighted by molar-refractivity contribution is 5.94. The van der Waals surface area contributed by atoms with Crippen LogP contribution in [-0.2, 0) is 17.8 Å². The quantitative estimate of drug-likeness (QED) is 0.668. The van der Waals surface area contributed by atoms with Crippen LogP contribution in [-0.4, -0.2) is 23.9 Å². The molecule has 0 spiro atoms. The van der Waals surface area contributed by atoms with Gasteiger partial charge in [-0.3, -0.25) is 9.59 Å². The van der Waals surface area contributed by atoms with Crippen LogP contribution in [0, 0.1) is 5.82 Å². The standard InChI is InChI=1S/C21H24FN3O2/c22-19-7-2-1-5-15(19)11-17(23)12-20(26)24-13-14-4-3-6-16(10-14)21(27)25-18-8-9-18/h1-7,10,17-18H,8-9,11-13,23H2,(H,24,26)(H,25,27). The summed E-state index contributed by atoms with van der Waals surface area (Å²) in [5.41, 5.74) is 7.92. The van der Waals surface area contributed by atoms with Gasteiger partial charge in [-0.05, 0) is 48.6 Å². The molecule has 1 aliphatic carbocycles. The molecule has 1 atom stereocenters. The normalized spacial score (nSPS) is 14.4. The van der Waals surface area contributed by atoms with Crippen LogP contribution in [0.15, 0.2) is 48.5 Å². The van der Waals surface area contributed by atoms with E-state index in [1.807, 2.05) is 6.07 Å². The van der Waals surface area contributed by atoms with Gasteiger partial charge in [0.05, 0.1) is 0 Å². The maximum Gasteiger partial charge on any atom is 0.251 e. The third-order valence-electron chi connectivity index (χ3n) is 4.48. The van der Waals surface area contributed by atoms with Crippen molar-refractivity contribution in [2.24, 2.45) is 5.73 Å². The number of carbonyl (C=O) groups is 2. The molecule has 1 saturated carbocycles. The maximum absolute atomic E-state index is 13.7. The van der Waals surface area contributed by atoms with Crippen LogP contribution in [0.5, 0.6) is 0 Å². The Labute approximate surface area is 158 Å². The van der Waals surface area contributed by atoms with Crippen molar-refractivity contribution in [1.82, 2.24) is 10.6 Å². The molecule has 2 aromatic rings. The van der Waals surface area contributed by atoms with Gasteiger partial charge in [-0.25, -0.2) is 4.39 Å². The highest BCUT2D eigenvalue weighted by Gasteiger charge is 2.23. The molecule has 6 heteroatoms. The van der Waals surface area contributed by atoms with Gasteiger partial charge in [0.2, 0.25) is 5.91 Å². The first-order valence-corrected chi connectivity index (χ1v) is 9.17. The molecule has 1 fully saturated rings. The highest BCUT2D eigenvalue weighted by Crippen LogP contribution is 2.19. The molecule has 0 aromatic heterocycles. The molecule has 142 valence electrons. The van der Waals surface area contributed by atoms with Gasteiger partial charge < -0.3 is 16.4 Å². The molecule has 1 unspecified atom stereocenters. The lowest BCUT2D eigenvalue weighted by Gasteiger charge is -2.13. The largest absolute Gasteiger partial charge is 0.352 e. The molecule has 4 N–H and O–H groups in total. The molecule has 0 saturated heterocycles. The van der Waals surface area contributed by atoms with Gasteiger partial charge in [0.1, 0.15) is 5.82 Å². The Kier molecular flexibility index (Phi) is 6.19. The predicted molar refractivity (Wildman–Crippen MR) is 101 cm³/mol. The molecule has 0 radical (unpaired) electrons. The van der Waals surface area contributed by atoms with Crippen molar-refractivity contribution in [2.75, 3.05) is 0 Å². The van der Waals surface area contributed by atoms with Crippen molar-refractivity contribution >= 4 is 11.8 Å². The summed E-state index contributed by atoms with van der Waals surface area (Å²) in [6, 6.07) is 13.5. The number of nitrogens with two attached hydrogens (primary N) is 1. The number of amides is 2. The average molecular weight is 369 g/mol. The van der Waals surface area contributed by atoms with Crippen molar-refractivity contribution in [1.29, 1.82) is 0 Å². The van der Waals surface area contributed by atoms with E-state index >= 15 is 0 Å². The lowest BCUT2D eigenvalue weighted by atomic mass is 10.0. The summed E-state index contributed by atoms with van der Waals surface area (Å²) in [4.78, 5) is 24.2. The topological polar surface area (TPSA) is 84.2 Å². The van der Waals surface area contributed by atoms with E-state index in [0.29, 0.717) is 30.1 Å². The molecular formula is C21H24FN3O2. The number of rotatable bonds is 8. The van der Waals surface area contributed by atoms with E-state index in [1.54, 1.807) is 36.4 Å². The van der Waals surface area contributed by atoms with Gasteiger partial charge in [0.25, 0.3) is 5.91 Å². The first-order valence-electron chi connectivity index (χ1n) is 9.17. The second-order valence-electron chi connectivity index (χ2n) is 6.98. The molecule has 3 rings (SSSR count). The average Bonchev–Trinajstić information content (AvgIpc) is 3.46. The monoisotopic (exact) mass is 369 g/mol. The summed E-state index contributed by atoms with van der Waals surface area (Å²) in [5.74, 6) is -0.598. The Bertz CT molecular complexity index is 821. The van der Waals surface area contributed by atoms with E-state index in [-0.39, 0.29) is 24.1 Å². The Morgan fingerprint density at radius 1 is 1.15 bits per heavy atom. The molecular weight excluding hydrogens is 345 g/mol. The van der Waals surface area contributed by atoms with Gasteiger partial charge >= 0.3 is 0 Å². The van der Waals surface area contributed by atoms with Gasteiger partial charge in [-0.1, -0.05) is 30.3 Å². The summed E-state index contributed by atoms with van der Waals surface area (Å²) in [5, 5.41) is 5.75. The molecule has 27 heavy (non-hydrogen) atoms. The fraction of sp³-hybridized carbons (Fsp3) is 0.333. The van der Waals surface area contributed by atoms with Gasteiger partial charge in [0.15, 0.2) is 0 Å². The van der Waals surface area contributed by atoms with Crippen molar-refractivity contribution in [2.45, 2.75) is 44.3 Å². The molecule has 0 bridgehead atoms. The number of hydrogen-bond acceptors (Lipinski definition) is 3. The second-order valence-corrected chi connectivity index (χ2v) is 6.98. The van der Waals surface area contributed by atoms with Crippen LogP contribution >= 0.6 is 0 Å². The van der Waals surface area contributed by atoms with Crippen LogP contribution in [0.2, 0.25) is 0 Å². The van der Waals surface area contributed by atoms with E-state index in [0.717, 1.165) is 18.4 Å². The molecule has 2 aromatic carbocycles. The van der Waals surface area contributed by atoms with Crippen molar-refractivity contribution in [3.05, 3.63) is 71.0 Å². The summed E-state index contributed by atoms with van der Waals surface area (Å²) < 4.78 is 13.7. The second kappa shape index (κ2) is 8.77. The van der Waals surface area contributed by atoms with Crippen molar-refractivity contribution in [3.8, 4) is 0 Å². The number of nitrogens with one attached hydrogen (secondary N) is 2. The van der Waals surface area contributed by atoms with Crippen LogP contribution in [0.4, 0.5) is 4.39 Å². The van der Waals surface area contributed by atoms with E-state index in [9.17, 15) is 14.0 Å². The lowest BCUT2D eigenvalue weighted by molar-refractivity contribution is -0.121. The van der Waals surface area contributed by atoms with E-state index < -0.39 is 6.04 Å². The van der Waals surface area contributed by atoms with Crippen molar-refractivity contribution < 1.29 is 14.0 Å². The molecule has 0 aliphatic heterocycles. The first kappa shape index (κ1) is 19.0. The first-order chi connectivity index (χ1) is 13.0. The molecule has 0 heterocycles. The van der Waals surface area contributed by atoms with Crippen LogP contribution in [0.3, 0.4) is 0 Å². The minimum Gasteiger partial charge on any atom is -0.352 e. The van der Waals surface area contributed by atoms with Crippen molar-refractivity contribution in [3.63, 3.8) is 0 Å². The number of carbonyl (C=O) groups excluding carboxylic acids is 2. The number of halogens is 1. The van der Waals surface area contributed by atoms with E-state index in [4.69, 9.17) is 5.73 Å². The predicted octanol–water partition coefficient (Wildman–Crippen LogP) is 2.29. The number of benzene rings is 2. The Balaban J connectivity index is 1.47. The zero-order valence-electron chi connectivity index (χ0n) is 15.1. The Morgan fingerprint density at radius 2 is 1.93 bits per heavy atom. The summed E-state index contributed by atoms with van der Waals surface area (Å²) in [6.45, 7) is 0.315.